The lowest BCUT2D eigenvalue weighted by Crippen LogP contribution is -2.30. The first-order chi connectivity index (χ1) is 7.83. The molecule has 1 aliphatic rings. The lowest BCUT2D eigenvalue weighted by Gasteiger charge is -2.25. The van der Waals surface area contributed by atoms with Crippen molar-refractivity contribution in [3.8, 4) is 0 Å². The largest absolute Gasteiger partial charge is 0.317 e. The van der Waals surface area contributed by atoms with Gasteiger partial charge in [0.15, 0.2) is 0 Å². The second-order valence-corrected chi connectivity index (χ2v) is 4.93. The van der Waals surface area contributed by atoms with Gasteiger partial charge in [-0.25, -0.2) is 0 Å². The zero-order chi connectivity index (χ0) is 11.6. The molecule has 94 valence electrons. The van der Waals surface area contributed by atoms with Gasteiger partial charge in [0.05, 0.1) is 0 Å². The zero-order valence-electron chi connectivity index (χ0n) is 11.1. The van der Waals surface area contributed by atoms with Crippen molar-refractivity contribution in [2.75, 3.05) is 32.7 Å². The predicted molar refractivity (Wildman–Crippen MR) is 71.8 cm³/mol. The molecule has 0 atom stereocenters. The minimum absolute atomic E-state index is 1.18. The Morgan fingerprint density at radius 2 is 2.12 bits per heavy atom. The molecule has 0 unspecified atom stereocenters. The molecule has 2 heteroatoms. The van der Waals surface area contributed by atoms with Crippen LogP contribution >= 0.6 is 0 Å². The molecule has 0 aromatic heterocycles. The Kier molecular flexibility index (Phi) is 7.52. The molecule has 0 amide bonds. The van der Waals surface area contributed by atoms with Crippen LogP contribution in [-0.4, -0.2) is 37.6 Å². The monoisotopic (exact) mass is 224 g/mol. The van der Waals surface area contributed by atoms with Crippen LogP contribution < -0.4 is 5.32 Å². The van der Waals surface area contributed by atoms with Gasteiger partial charge >= 0.3 is 0 Å². The molecule has 0 saturated carbocycles. The summed E-state index contributed by atoms with van der Waals surface area (Å²) in [6, 6.07) is 0. The van der Waals surface area contributed by atoms with Crippen LogP contribution in [0.4, 0.5) is 0 Å². The summed E-state index contributed by atoms with van der Waals surface area (Å²) < 4.78 is 0. The Morgan fingerprint density at radius 3 is 2.88 bits per heavy atom. The summed E-state index contributed by atoms with van der Waals surface area (Å²) >= 11 is 0. The third-order valence-electron chi connectivity index (χ3n) is 3.17. The Bertz CT molecular complexity index is 199. The number of hydrogen-bond donors (Lipinski definition) is 1. The van der Waals surface area contributed by atoms with E-state index in [4.69, 9.17) is 0 Å². The Balaban J connectivity index is 1.89. The maximum absolute atomic E-state index is 3.46. The molecule has 0 bridgehead atoms. The molecule has 1 N–H and O–H groups in total. The molecule has 1 aliphatic heterocycles. The van der Waals surface area contributed by atoms with E-state index in [0.29, 0.717) is 0 Å². The molecule has 0 radical (unpaired) electrons. The highest BCUT2D eigenvalue weighted by Gasteiger charge is 2.08. The van der Waals surface area contributed by atoms with Crippen LogP contribution in [0.15, 0.2) is 11.6 Å². The average molecular weight is 224 g/mol. The normalized spacial score (nSPS) is 17.5. The van der Waals surface area contributed by atoms with Crippen molar-refractivity contribution in [3.63, 3.8) is 0 Å². The molecule has 1 rings (SSSR count). The van der Waals surface area contributed by atoms with Crippen molar-refractivity contribution in [2.24, 2.45) is 0 Å². The van der Waals surface area contributed by atoms with E-state index in [1.165, 1.54) is 64.8 Å². The van der Waals surface area contributed by atoms with Crippen LogP contribution in [0.5, 0.6) is 0 Å². The molecule has 0 aliphatic carbocycles. The van der Waals surface area contributed by atoms with Crippen LogP contribution in [0, 0.1) is 0 Å². The highest BCUT2D eigenvalue weighted by molar-refractivity contribution is 5.04. The first-order valence-corrected chi connectivity index (χ1v) is 6.91. The van der Waals surface area contributed by atoms with Crippen LogP contribution in [0.1, 0.15) is 46.0 Å². The lowest BCUT2D eigenvalue weighted by molar-refractivity contribution is 0.283. The zero-order valence-corrected chi connectivity index (χ0v) is 11.1. The van der Waals surface area contributed by atoms with E-state index in [9.17, 15) is 0 Å². The summed E-state index contributed by atoms with van der Waals surface area (Å²) in [5.41, 5.74) is 1.55. The number of rotatable bonds is 8. The Hall–Kier alpha value is -0.340. The third-order valence-corrected chi connectivity index (χ3v) is 3.17. The fourth-order valence-corrected chi connectivity index (χ4v) is 2.24. The van der Waals surface area contributed by atoms with E-state index in [1.807, 2.05) is 0 Å². The minimum atomic E-state index is 1.18. The van der Waals surface area contributed by atoms with E-state index in [2.05, 4.69) is 30.1 Å². The molecular weight excluding hydrogens is 196 g/mol. The van der Waals surface area contributed by atoms with Crippen LogP contribution in [0.2, 0.25) is 0 Å². The highest BCUT2D eigenvalue weighted by Crippen LogP contribution is 2.09. The topological polar surface area (TPSA) is 15.3 Å². The van der Waals surface area contributed by atoms with Crippen LogP contribution in [0.25, 0.3) is 0 Å². The summed E-state index contributed by atoms with van der Waals surface area (Å²) in [5, 5.41) is 3.46. The first-order valence-electron chi connectivity index (χ1n) is 6.91. The molecule has 0 aromatic rings. The molecule has 16 heavy (non-hydrogen) atoms. The maximum Gasteiger partial charge on any atom is 0.0190 e. The highest BCUT2D eigenvalue weighted by atomic mass is 15.1. The molecule has 0 saturated heterocycles. The fourth-order valence-electron chi connectivity index (χ4n) is 2.24. The van der Waals surface area contributed by atoms with Gasteiger partial charge in [-0.2, -0.15) is 0 Å². The van der Waals surface area contributed by atoms with E-state index in [-0.39, 0.29) is 0 Å². The Morgan fingerprint density at radius 1 is 1.25 bits per heavy atom. The van der Waals surface area contributed by atoms with E-state index in [1.54, 1.807) is 5.57 Å². The SMILES string of the molecule is CCCNCCCCCN1CCC=C(C)C1. The van der Waals surface area contributed by atoms with Gasteiger partial charge in [0, 0.05) is 13.1 Å². The van der Waals surface area contributed by atoms with E-state index in [0.717, 1.165) is 0 Å². The van der Waals surface area contributed by atoms with Crippen molar-refractivity contribution < 1.29 is 0 Å². The molecule has 0 aromatic carbocycles. The molecular formula is C14H28N2. The summed E-state index contributed by atoms with van der Waals surface area (Å²) in [6.45, 7) is 10.6. The van der Waals surface area contributed by atoms with Gasteiger partial charge in [-0.1, -0.05) is 25.0 Å². The van der Waals surface area contributed by atoms with E-state index < -0.39 is 0 Å². The van der Waals surface area contributed by atoms with Gasteiger partial charge in [-0.15, -0.1) is 0 Å². The second kappa shape index (κ2) is 8.77. The predicted octanol–water partition coefficient (Wildman–Crippen LogP) is 2.81. The van der Waals surface area contributed by atoms with Crippen molar-refractivity contribution in [1.82, 2.24) is 10.2 Å². The summed E-state index contributed by atoms with van der Waals surface area (Å²) in [5.74, 6) is 0. The third kappa shape index (κ3) is 6.29. The van der Waals surface area contributed by atoms with Crippen molar-refractivity contribution in [2.45, 2.75) is 46.0 Å². The van der Waals surface area contributed by atoms with Gasteiger partial charge in [0.2, 0.25) is 0 Å². The lowest BCUT2D eigenvalue weighted by atomic mass is 10.1. The van der Waals surface area contributed by atoms with Crippen molar-refractivity contribution in [3.05, 3.63) is 11.6 Å². The molecule has 0 spiro atoms. The van der Waals surface area contributed by atoms with Crippen molar-refractivity contribution in [1.29, 1.82) is 0 Å². The number of nitrogens with one attached hydrogen (secondary N) is 1. The standard InChI is InChI=1S/C14H28N2/c1-3-9-15-10-5-4-6-11-16-12-7-8-14(2)13-16/h8,15H,3-7,9-13H2,1-2H3. The van der Waals surface area contributed by atoms with Crippen molar-refractivity contribution >= 4 is 0 Å². The molecule has 2 nitrogen and oxygen atoms in total. The average Bonchev–Trinajstić information content (AvgIpc) is 2.28. The fraction of sp³-hybridized carbons (Fsp3) is 0.857. The maximum atomic E-state index is 3.46. The summed E-state index contributed by atoms with van der Waals surface area (Å²) in [7, 11) is 0. The smallest absolute Gasteiger partial charge is 0.0190 e. The minimum Gasteiger partial charge on any atom is -0.317 e. The van der Waals surface area contributed by atoms with Gasteiger partial charge in [-0.3, -0.25) is 4.90 Å². The van der Waals surface area contributed by atoms with Gasteiger partial charge in [0.1, 0.15) is 0 Å². The van der Waals surface area contributed by atoms with Crippen LogP contribution in [-0.2, 0) is 0 Å². The van der Waals surface area contributed by atoms with Gasteiger partial charge < -0.3 is 5.32 Å². The number of unbranched alkanes of at least 4 members (excludes halogenated alkanes) is 2. The van der Waals surface area contributed by atoms with E-state index >= 15 is 0 Å². The van der Waals surface area contributed by atoms with Gasteiger partial charge in [0.25, 0.3) is 0 Å². The van der Waals surface area contributed by atoms with Gasteiger partial charge in [-0.05, 0) is 52.2 Å². The number of hydrogen-bond acceptors (Lipinski definition) is 2. The molecule has 1 heterocycles. The summed E-state index contributed by atoms with van der Waals surface area (Å²) in [4.78, 5) is 2.59. The first kappa shape index (κ1) is 13.7. The van der Waals surface area contributed by atoms with Crippen LogP contribution in [0.3, 0.4) is 0 Å². The Labute approximate surface area is 101 Å². The number of nitrogens with zero attached hydrogens (tertiary/aromatic N) is 1. The summed E-state index contributed by atoms with van der Waals surface area (Å²) in [6.07, 6.45) is 8.95. The molecule has 0 fully saturated rings. The quantitative estimate of drug-likeness (QED) is 0.504. The second-order valence-electron chi connectivity index (χ2n) is 4.93.